The molecule has 0 spiro atoms. The van der Waals surface area contributed by atoms with Gasteiger partial charge in [0.05, 0.1) is 13.2 Å². The Morgan fingerprint density at radius 3 is 2.16 bits per heavy atom. The lowest BCUT2D eigenvalue weighted by Gasteiger charge is -2.18. The van der Waals surface area contributed by atoms with Crippen LogP contribution in [-0.4, -0.2) is 36.9 Å². The minimum atomic E-state index is -0.200. The van der Waals surface area contributed by atoms with E-state index in [2.05, 4.69) is 22.8 Å². The van der Waals surface area contributed by atoms with Gasteiger partial charge in [-0.05, 0) is 66.4 Å². The zero-order valence-corrected chi connectivity index (χ0v) is 21.6. The van der Waals surface area contributed by atoms with Gasteiger partial charge in [-0.3, -0.25) is 9.59 Å². The fourth-order valence-electron chi connectivity index (χ4n) is 4.05. The lowest BCUT2D eigenvalue weighted by Crippen LogP contribution is -2.26. The molecule has 2 amide bonds. The molecule has 4 rings (SSSR count). The highest BCUT2D eigenvalue weighted by molar-refractivity contribution is 5.98. The van der Waals surface area contributed by atoms with Crippen molar-refractivity contribution < 1.29 is 14.3 Å². The predicted octanol–water partition coefficient (Wildman–Crippen LogP) is 6.02. The van der Waals surface area contributed by atoms with Crippen LogP contribution in [0.5, 0.6) is 5.75 Å². The summed E-state index contributed by atoms with van der Waals surface area (Å²) in [4.78, 5) is 27.0. The Bertz CT molecular complexity index is 1310. The minimum absolute atomic E-state index is 0.101. The number of benzene rings is 4. The van der Waals surface area contributed by atoms with Crippen LogP contribution in [0, 0.1) is 0 Å². The summed E-state index contributed by atoms with van der Waals surface area (Å²) in [6, 6.07) is 34.8. The van der Waals surface area contributed by atoms with Crippen LogP contribution in [0.25, 0.3) is 0 Å². The van der Waals surface area contributed by atoms with Crippen molar-refractivity contribution in [3.05, 3.63) is 126 Å². The molecule has 0 atom stereocenters. The number of nitrogens with one attached hydrogen (secondary N) is 2. The third-order valence-electron chi connectivity index (χ3n) is 6.03. The van der Waals surface area contributed by atoms with Crippen molar-refractivity contribution in [2.75, 3.05) is 30.8 Å². The quantitative estimate of drug-likeness (QED) is 0.230. The Balaban J connectivity index is 1.20. The van der Waals surface area contributed by atoms with E-state index in [4.69, 9.17) is 4.74 Å². The summed E-state index contributed by atoms with van der Waals surface area (Å²) >= 11 is 0. The van der Waals surface area contributed by atoms with Gasteiger partial charge in [0.25, 0.3) is 5.91 Å². The molecular formula is C32H33N3O3. The zero-order chi connectivity index (χ0) is 26.6. The number of carbonyl (C=O) groups is 2. The van der Waals surface area contributed by atoms with Gasteiger partial charge in [-0.15, -0.1) is 0 Å². The van der Waals surface area contributed by atoms with Crippen LogP contribution in [0.3, 0.4) is 0 Å². The molecule has 0 aromatic heterocycles. The van der Waals surface area contributed by atoms with Gasteiger partial charge < -0.3 is 20.3 Å². The van der Waals surface area contributed by atoms with Crippen molar-refractivity contribution in [3.8, 4) is 5.75 Å². The Hall–Kier alpha value is -4.58. The second-order valence-electron chi connectivity index (χ2n) is 9.09. The van der Waals surface area contributed by atoms with Gasteiger partial charge >= 0.3 is 0 Å². The number of rotatable bonds is 12. The second-order valence-corrected chi connectivity index (χ2v) is 9.09. The van der Waals surface area contributed by atoms with Gasteiger partial charge in [-0.1, -0.05) is 66.7 Å². The van der Waals surface area contributed by atoms with Crippen LogP contribution < -0.4 is 15.4 Å². The average Bonchev–Trinajstić information content (AvgIpc) is 2.95. The maximum absolute atomic E-state index is 12.9. The van der Waals surface area contributed by atoms with E-state index in [1.165, 1.54) is 5.56 Å². The Morgan fingerprint density at radius 2 is 1.45 bits per heavy atom. The zero-order valence-electron chi connectivity index (χ0n) is 21.6. The second kappa shape index (κ2) is 13.7. The number of ether oxygens (including phenoxy) is 1. The van der Waals surface area contributed by atoms with Gasteiger partial charge in [-0.25, -0.2) is 0 Å². The summed E-state index contributed by atoms with van der Waals surface area (Å²) in [5, 5.41) is 5.98. The van der Waals surface area contributed by atoms with E-state index < -0.39 is 0 Å². The largest absolute Gasteiger partial charge is 0.494 e. The molecule has 4 aromatic rings. The molecule has 0 unspecified atom stereocenters. The van der Waals surface area contributed by atoms with Crippen molar-refractivity contribution >= 4 is 23.2 Å². The van der Waals surface area contributed by atoms with Crippen molar-refractivity contribution in [1.29, 1.82) is 0 Å². The maximum atomic E-state index is 12.9. The highest BCUT2D eigenvalue weighted by Crippen LogP contribution is 2.17. The van der Waals surface area contributed by atoms with Crippen molar-refractivity contribution in [1.82, 2.24) is 4.90 Å². The summed E-state index contributed by atoms with van der Waals surface area (Å²) in [5.74, 6) is 0.491. The molecule has 6 heteroatoms. The van der Waals surface area contributed by atoms with Gasteiger partial charge in [0.2, 0.25) is 5.91 Å². The molecule has 194 valence electrons. The third kappa shape index (κ3) is 8.23. The van der Waals surface area contributed by atoms with E-state index >= 15 is 0 Å². The molecule has 6 nitrogen and oxygen atoms in total. The van der Waals surface area contributed by atoms with Crippen LogP contribution in [-0.2, 0) is 17.8 Å². The monoisotopic (exact) mass is 507 g/mol. The number of nitrogens with zero attached hydrogens (tertiary/aromatic N) is 1. The fraction of sp³-hybridized carbons (Fsp3) is 0.188. The molecule has 0 bridgehead atoms. The molecular weight excluding hydrogens is 474 g/mol. The molecule has 0 aliphatic heterocycles. The number of hydrogen-bond acceptors (Lipinski definition) is 4. The van der Waals surface area contributed by atoms with E-state index in [0.717, 1.165) is 29.8 Å². The first-order valence-electron chi connectivity index (χ1n) is 12.8. The number of aryl methyl sites for hydroxylation is 1. The van der Waals surface area contributed by atoms with Gasteiger partial charge in [0.1, 0.15) is 5.75 Å². The van der Waals surface area contributed by atoms with Crippen LogP contribution in [0.2, 0.25) is 0 Å². The van der Waals surface area contributed by atoms with Crippen LogP contribution in [0.4, 0.5) is 11.4 Å². The smallest absolute Gasteiger partial charge is 0.253 e. The highest BCUT2D eigenvalue weighted by atomic mass is 16.5. The van der Waals surface area contributed by atoms with Gasteiger partial charge in [0, 0.05) is 30.5 Å². The van der Waals surface area contributed by atoms with Crippen molar-refractivity contribution in [2.45, 2.75) is 19.4 Å². The molecule has 0 fully saturated rings. The first-order valence-corrected chi connectivity index (χ1v) is 12.8. The molecule has 2 N–H and O–H groups in total. The molecule has 0 saturated heterocycles. The molecule has 0 aliphatic rings. The topological polar surface area (TPSA) is 70.7 Å². The Morgan fingerprint density at radius 1 is 0.763 bits per heavy atom. The van der Waals surface area contributed by atoms with E-state index in [1.807, 2.05) is 72.8 Å². The summed E-state index contributed by atoms with van der Waals surface area (Å²) in [6.45, 7) is 1.26. The normalized spacial score (nSPS) is 10.4. The van der Waals surface area contributed by atoms with E-state index in [0.29, 0.717) is 24.4 Å². The molecule has 0 heterocycles. The van der Waals surface area contributed by atoms with Crippen LogP contribution >= 0.6 is 0 Å². The Labute approximate surface area is 224 Å². The summed E-state index contributed by atoms with van der Waals surface area (Å²) in [5.41, 5.74) is 4.29. The average molecular weight is 508 g/mol. The van der Waals surface area contributed by atoms with Gasteiger partial charge in [-0.2, -0.15) is 0 Å². The molecule has 0 aliphatic carbocycles. The minimum Gasteiger partial charge on any atom is -0.494 e. The summed E-state index contributed by atoms with van der Waals surface area (Å²) in [6.07, 6.45) is 1.93. The van der Waals surface area contributed by atoms with Crippen LogP contribution in [0.15, 0.2) is 109 Å². The Kier molecular flexibility index (Phi) is 9.51. The molecule has 0 radical (unpaired) electrons. The highest BCUT2D eigenvalue weighted by Gasteiger charge is 2.13. The maximum Gasteiger partial charge on any atom is 0.253 e. The number of amides is 2. The van der Waals surface area contributed by atoms with Crippen molar-refractivity contribution in [2.24, 2.45) is 0 Å². The lowest BCUT2D eigenvalue weighted by molar-refractivity contribution is -0.114. The van der Waals surface area contributed by atoms with Crippen molar-refractivity contribution in [3.63, 3.8) is 0 Å². The molecule has 4 aromatic carbocycles. The number of hydrogen-bond donors (Lipinski definition) is 2. The fourth-order valence-corrected chi connectivity index (χ4v) is 4.05. The number of carbonyl (C=O) groups excluding carboxylic acids is 2. The van der Waals surface area contributed by atoms with E-state index in [9.17, 15) is 9.59 Å². The van der Waals surface area contributed by atoms with Gasteiger partial charge in [0.15, 0.2) is 0 Å². The summed E-state index contributed by atoms with van der Waals surface area (Å²) < 4.78 is 5.83. The summed E-state index contributed by atoms with van der Waals surface area (Å²) in [7, 11) is 1.77. The SMILES string of the molecule is CN(Cc1ccccc1)C(=O)c1cccc(NC(=O)CNc2ccc(OCCCc3ccccc3)cc2)c1. The standard InChI is InChI=1S/C32H33N3O3/c1-35(24-26-12-6-3-7-13-26)32(37)27-15-8-16-29(22-27)34-31(36)23-33-28-17-19-30(20-18-28)38-21-9-14-25-10-4-2-5-11-25/h2-8,10-13,15-20,22,33H,9,14,21,23-24H2,1H3,(H,34,36). The first kappa shape index (κ1) is 26.5. The van der Waals surface area contributed by atoms with Crippen LogP contribution in [0.1, 0.15) is 27.9 Å². The first-order chi connectivity index (χ1) is 18.6. The van der Waals surface area contributed by atoms with E-state index in [1.54, 1.807) is 36.2 Å². The van der Waals surface area contributed by atoms with E-state index in [-0.39, 0.29) is 18.4 Å². The molecule has 38 heavy (non-hydrogen) atoms. The number of anilines is 2. The predicted molar refractivity (Wildman–Crippen MR) is 153 cm³/mol. The molecule has 0 saturated carbocycles. The third-order valence-corrected chi connectivity index (χ3v) is 6.03. The lowest BCUT2D eigenvalue weighted by atomic mass is 10.1.